The Bertz CT molecular complexity index is 1040. The predicted octanol–water partition coefficient (Wildman–Crippen LogP) is 3.10. The van der Waals surface area contributed by atoms with Gasteiger partial charge in [0.1, 0.15) is 5.69 Å². The SMILES string of the molecule is Cc1ccc(-c2cn(CCN)nn2)cc1C(=O)Nc1ccccc1.O=C(O)C(F)(F)F. The molecule has 4 N–H and O–H groups in total. The van der Waals surface area contributed by atoms with Crippen molar-refractivity contribution >= 4 is 17.6 Å². The number of nitrogens with zero attached hydrogens (tertiary/aromatic N) is 3. The molecule has 0 atom stereocenters. The number of para-hydroxylation sites is 1. The van der Waals surface area contributed by atoms with Crippen LogP contribution in [0.3, 0.4) is 0 Å². The van der Waals surface area contributed by atoms with Crippen molar-refractivity contribution in [3.8, 4) is 11.3 Å². The van der Waals surface area contributed by atoms with Gasteiger partial charge in [0.25, 0.3) is 5.91 Å². The van der Waals surface area contributed by atoms with Crippen LogP contribution in [0.25, 0.3) is 11.3 Å². The lowest BCUT2D eigenvalue weighted by Gasteiger charge is -2.09. The van der Waals surface area contributed by atoms with E-state index in [1.807, 2.05) is 61.7 Å². The fourth-order valence-corrected chi connectivity index (χ4v) is 2.42. The number of hydrogen-bond donors (Lipinski definition) is 3. The summed E-state index contributed by atoms with van der Waals surface area (Å²) in [6, 6.07) is 15.1. The molecule has 8 nitrogen and oxygen atoms in total. The molecule has 0 fully saturated rings. The first-order valence-electron chi connectivity index (χ1n) is 8.99. The molecule has 0 saturated carbocycles. The largest absolute Gasteiger partial charge is 0.490 e. The van der Waals surface area contributed by atoms with Crippen molar-refractivity contribution in [2.45, 2.75) is 19.6 Å². The van der Waals surface area contributed by atoms with Crippen LogP contribution in [0, 0.1) is 6.92 Å². The van der Waals surface area contributed by atoms with Gasteiger partial charge >= 0.3 is 12.1 Å². The lowest BCUT2D eigenvalue weighted by molar-refractivity contribution is -0.192. The van der Waals surface area contributed by atoms with Crippen LogP contribution < -0.4 is 11.1 Å². The lowest BCUT2D eigenvalue weighted by atomic mass is 10.0. The molecule has 0 aliphatic carbocycles. The number of rotatable bonds is 5. The molecule has 0 aliphatic heterocycles. The zero-order chi connectivity index (χ0) is 23.0. The molecule has 1 aromatic heterocycles. The number of anilines is 1. The highest BCUT2D eigenvalue weighted by Crippen LogP contribution is 2.21. The fraction of sp³-hybridized carbons (Fsp3) is 0.200. The molecular weight excluding hydrogens is 415 g/mol. The van der Waals surface area contributed by atoms with Gasteiger partial charge in [-0.2, -0.15) is 13.2 Å². The minimum atomic E-state index is -5.08. The first kappa shape index (κ1) is 23.5. The van der Waals surface area contributed by atoms with E-state index in [2.05, 4.69) is 15.6 Å². The van der Waals surface area contributed by atoms with E-state index < -0.39 is 12.1 Å². The van der Waals surface area contributed by atoms with E-state index in [9.17, 15) is 18.0 Å². The highest BCUT2D eigenvalue weighted by atomic mass is 19.4. The topological polar surface area (TPSA) is 123 Å². The Balaban J connectivity index is 0.000000423. The number of aliphatic carboxylic acids is 1. The molecule has 0 unspecified atom stereocenters. The van der Waals surface area contributed by atoms with E-state index >= 15 is 0 Å². The van der Waals surface area contributed by atoms with E-state index in [0.29, 0.717) is 18.7 Å². The summed E-state index contributed by atoms with van der Waals surface area (Å²) in [4.78, 5) is 21.5. The van der Waals surface area contributed by atoms with Crippen LogP contribution in [0.4, 0.5) is 18.9 Å². The number of nitrogens with two attached hydrogens (primary N) is 1. The summed E-state index contributed by atoms with van der Waals surface area (Å²) in [6.07, 6.45) is -3.25. The number of aryl methyl sites for hydroxylation is 1. The Labute approximate surface area is 175 Å². The van der Waals surface area contributed by atoms with Crippen molar-refractivity contribution in [2.75, 3.05) is 11.9 Å². The quantitative estimate of drug-likeness (QED) is 0.566. The van der Waals surface area contributed by atoms with E-state index in [1.54, 1.807) is 4.68 Å². The van der Waals surface area contributed by atoms with Gasteiger partial charge in [-0.05, 0) is 30.7 Å². The molecule has 2 aromatic carbocycles. The number of benzene rings is 2. The van der Waals surface area contributed by atoms with Crippen LogP contribution in [-0.4, -0.2) is 44.7 Å². The maximum Gasteiger partial charge on any atom is 0.490 e. The van der Waals surface area contributed by atoms with Crippen molar-refractivity contribution in [1.82, 2.24) is 15.0 Å². The molecule has 0 saturated heterocycles. The molecule has 0 radical (unpaired) electrons. The number of carboxylic acids is 1. The maximum absolute atomic E-state index is 12.6. The second-order valence-electron chi connectivity index (χ2n) is 6.31. The smallest absolute Gasteiger partial charge is 0.475 e. The third-order valence-corrected chi connectivity index (χ3v) is 3.95. The number of amides is 1. The molecule has 0 aliphatic rings. The third kappa shape index (κ3) is 6.93. The zero-order valence-corrected chi connectivity index (χ0v) is 16.4. The van der Waals surface area contributed by atoms with Gasteiger partial charge in [-0.3, -0.25) is 9.48 Å². The van der Waals surface area contributed by atoms with Crippen molar-refractivity contribution in [3.63, 3.8) is 0 Å². The Morgan fingerprint density at radius 3 is 2.39 bits per heavy atom. The van der Waals surface area contributed by atoms with Crippen LogP contribution in [0.5, 0.6) is 0 Å². The Kier molecular flexibility index (Phi) is 7.86. The number of halogens is 3. The highest BCUT2D eigenvalue weighted by molar-refractivity contribution is 6.05. The standard InChI is InChI=1S/C18H19N5O.C2HF3O2/c1-13-7-8-14(17-12-23(10-9-19)22-21-17)11-16(13)18(24)20-15-5-3-2-4-6-15;3-2(4,5)1(6)7/h2-8,11-12H,9-10,19H2,1H3,(H,20,24);(H,6,7). The molecule has 31 heavy (non-hydrogen) atoms. The molecule has 0 bridgehead atoms. The van der Waals surface area contributed by atoms with Crippen molar-refractivity contribution < 1.29 is 27.9 Å². The number of nitrogens with one attached hydrogen (secondary N) is 1. The monoisotopic (exact) mass is 435 g/mol. The van der Waals surface area contributed by atoms with Gasteiger partial charge in [-0.25, -0.2) is 4.79 Å². The number of carbonyl (C=O) groups excluding carboxylic acids is 1. The van der Waals surface area contributed by atoms with E-state index in [4.69, 9.17) is 15.6 Å². The number of carboxylic acid groups (broad SMARTS) is 1. The molecule has 1 amide bonds. The van der Waals surface area contributed by atoms with E-state index in [-0.39, 0.29) is 5.91 Å². The van der Waals surface area contributed by atoms with Crippen LogP contribution in [-0.2, 0) is 11.3 Å². The van der Waals surface area contributed by atoms with Gasteiger partial charge in [-0.15, -0.1) is 5.10 Å². The molecule has 3 rings (SSSR count). The lowest BCUT2D eigenvalue weighted by Crippen LogP contribution is -2.21. The first-order valence-corrected chi connectivity index (χ1v) is 8.99. The normalized spacial score (nSPS) is 10.7. The van der Waals surface area contributed by atoms with Gasteiger partial charge in [0.05, 0.1) is 12.7 Å². The van der Waals surface area contributed by atoms with Gasteiger partial charge in [0.2, 0.25) is 0 Å². The minimum Gasteiger partial charge on any atom is -0.475 e. The van der Waals surface area contributed by atoms with Gasteiger partial charge in [0, 0.05) is 23.4 Å². The summed E-state index contributed by atoms with van der Waals surface area (Å²) in [7, 11) is 0. The van der Waals surface area contributed by atoms with Gasteiger partial charge in [-0.1, -0.05) is 35.5 Å². The van der Waals surface area contributed by atoms with E-state index in [1.165, 1.54) is 0 Å². The average molecular weight is 435 g/mol. The van der Waals surface area contributed by atoms with Crippen molar-refractivity contribution in [1.29, 1.82) is 0 Å². The summed E-state index contributed by atoms with van der Waals surface area (Å²) in [5.74, 6) is -2.90. The molecule has 1 heterocycles. The first-order chi connectivity index (χ1) is 14.6. The summed E-state index contributed by atoms with van der Waals surface area (Å²) in [6.45, 7) is 3.02. The maximum atomic E-state index is 12.6. The summed E-state index contributed by atoms with van der Waals surface area (Å²) in [5.41, 5.74) is 9.38. The van der Waals surface area contributed by atoms with Crippen LogP contribution in [0.1, 0.15) is 15.9 Å². The van der Waals surface area contributed by atoms with Crippen molar-refractivity contribution in [3.05, 3.63) is 65.9 Å². The summed E-state index contributed by atoms with van der Waals surface area (Å²) in [5, 5.41) is 18.2. The molecule has 11 heteroatoms. The van der Waals surface area contributed by atoms with Crippen molar-refractivity contribution in [2.24, 2.45) is 5.73 Å². The molecule has 3 aromatic rings. The summed E-state index contributed by atoms with van der Waals surface area (Å²) < 4.78 is 33.4. The average Bonchev–Trinajstić information content (AvgIpc) is 3.18. The van der Waals surface area contributed by atoms with E-state index in [0.717, 1.165) is 22.5 Å². The molecular formula is C20H20F3N5O3. The number of hydrogen-bond acceptors (Lipinski definition) is 5. The second-order valence-corrected chi connectivity index (χ2v) is 6.31. The van der Waals surface area contributed by atoms with Crippen LogP contribution >= 0.6 is 0 Å². The molecule has 0 spiro atoms. The van der Waals surface area contributed by atoms with Gasteiger partial charge < -0.3 is 16.2 Å². The predicted molar refractivity (Wildman–Crippen MR) is 107 cm³/mol. The fourth-order valence-electron chi connectivity index (χ4n) is 2.42. The van der Waals surface area contributed by atoms with Crippen LogP contribution in [0.15, 0.2) is 54.7 Å². The summed E-state index contributed by atoms with van der Waals surface area (Å²) >= 11 is 0. The van der Waals surface area contributed by atoms with Gasteiger partial charge in [0.15, 0.2) is 0 Å². The second kappa shape index (κ2) is 10.3. The highest BCUT2D eigenvalue weighted by Gasteiger charge is 2.38. The zero-order valence-electron chi connectivity index (χ0n) is 16.4. The molecule has 164 valence electrons. The Morgan fingerprint density at radius 2 is 1.81 bits per heavy atom. The Morgan fingerprint density at radius 1 is 1.16 bits per heavy atom. The Hall–Kier alpha value is -3.73. The number of alkyl halides is 3. The number of carbonyl (C=O) groups is 2. The number of aromatic nitrogens is 3. The minimum absolute atomic E-state index is 0.144. The third-order valence-electron chi connectivity index (χ3n) is 3.95. The van der Waals surface area contributed by atoms with Crippen LogP contribution in [0.2, 0.25) is 0 Å².